The van der Waals surface area contributed by atoms with Gasteiger partial charge in [0.05, 0.1) is 0 Å². The quantitative estimate of drug-likeness (QED) is 0.866. The monoisotopic (exact) mass is 340 g/mol. The van der Waals surface area contributed by atoms with Gasteiger partial charge in [-0.3, -0.25) is 4.79 Å². The molecular weight excluding hydrogens is 312 g/mol. The van der Waals surface area contributed by atoms with Crippen molar-refractivity contribution < 1.29 is 9.53 Å². The summed E-state index contributed by atoms with van der Waals surface area (Å²) in [5, 5.41) is 6.46. The van der Waals surface area contributed by atoms with Gasteiger partial charge in [0.25, 0.3) is 5.91 Å². The first-order valence-corrected chi connectivity index (χ1v) is 8.25. The Morgan fingerprint density at radius 2 is 2.09 bits per heavy atom. The second-order valence-corrected chi connectivity index (χ2v) is 6.57. The van der Waals surface area contributed by atoms with Gasteiger partial charge in [0.1, 0.15) is 5.75 Å². The number of hydrogen-bond donors (Lipinski definition) is 2. The zero-order valence-corrected chi connectivity index (χ0v) is 15.3. The highest BCUT2D eigenvalue weighted by molar-refractivity contribution is 5.85. The summed E-state index contributed by atoms with van der Waals surface area (Å²) in [4.78, 5) is 12.3. The molecule has 0 bridgehead atoms. The van der Waals surface area contributed by atoms with E-state index in [-0.39, 0.29) is 24.4 Å². The Morgan fingerprint density at radius 3 is 2.74 bits per heavy atom. The lowest BCUT2D eigenvalue weighted by atomic mass is 9.95. The van der Waals surface area contributed by atoms with Crippen LogP contribution in [0.3, 0.4) is 0 Å². The molecule has 1 aliphatic rings. The molecule has 5 heteroatoms. The van der Waals surface area contributed by atoms with Crippen molar-refractivity contribution in [2.24, 2.45) is 5.92 Å². The van der Waals surface area contributed by atoms with Crippen molar-refractivity contribution in [3.05, 3.63) is 29.8 Å². The molecule has 1 aromatic carbocycles. The number of ether oxygens (including phenoxy) is 1. The SMILES string of the molecule is CC(Oc1cccc(C(C)C)c1)C(=O)NC1CCNCC1C.Cl. The van der Waals surface area contributed by atoms with E-state index >= 15 is 0 Å². The van der Waals surface area contributed by atoms with E-state index in [2.05, 4.69) is 37.5 Å². The zero-order chi connectivity index (χ0) is 16.1. The number of amides is 1. The van der Waals surface area contributed by atoms with Crippen molar-refractivity contribution in [3.63, 3.8) is 0 Å². The highest BCUT2D eigenvalue weighted by Gasteiger charge is 2.25. The summed E-state index contributed by atoms with van der Waals surface area (Å²) in [5.74, 6) is 1.62. The van der Waals surface area contributed by atoms with Gasteiger partial charge in [0, 0.05) is 6.04 Å². The van der Waals surface area contributed by atoms with Crippen LogP contribution in [-0.4, -0.2) is 31.1 Å². The number of nitrogens with one attached hydrogen (secondary N) is 2. The predicted octanol–water partition coefficient (Wildman–Crippen LogP) is 3.11. The van der Waals surface area contributed by atoms with Crippen molar-refractivity contribution in [3.8, 4) is 5.75 Å². The van der Waals surface area contributed by atoms with Gasteiger partial charge in [-0.1, -0.05) is 32.9 Å². The Morgan fingerprint density at radius 1 is 1.35 bits per heavy atom. The van der Waals surface area contributed by atoms with Gasteiger partial charge in [-0.15, -0.1) is 12.4 Å². The van der Waals surface area contributed by atoms with E-state index in [1.807, 2.05) is 25.1 Å². The first-order valence-electron chi connectivity index (χ1n) is 8.25. The molecule has 4 nitrogen and oxygen atoms in total. The van der Waals surface area contributed by atoms with Gasteiger partial charge in [-0.25, -0.2) is 0 Å². The molecule has 0 radical (unpaired) electrons. The predicted molar refractivity (Wildman–Crippen MR) is 96.5 cm³/mol. The third-order valence-electron chi connectivity index (χ3n) is 4.32. The summed E-state index contributed by atoms with van der Waals surface area (Å²) < 4.78 is 5.82. The van der Waals surface area contributed by atoms with Crippen molar-refractivity contribution in [1.29, 1.82) is 0 Å². The van der Waals surface area contributed by atoms with Gasteiger partial charge >= 0.3 is 0 Å². The number of hydrogen-bond acceptors (Lipinski definition) is 3. The molecule has 130 valence electrons. The number of halogens is 1. The van der Waals surface area contributed by atoms with E-state index in [0.717, 1.165) is 25.3 Å². The molecule has 0 aromatic heterocycles. The number of rotatable bonds is 5. The van der Waals surface area contributed by atoms with E-state index in [9.17, 15) is 4.79 Å². The Labute approximate surface area is 145 Å². The smallest absolute Gasteiger partial charge is 0.261 e. The van der Waals surface area contributed by atoms with Gasteiger partial charge in [-0.2, -0.15) is 0 Å². The van der Waals surface area contributed by atoms with Gasteiger partial charge in [0.2, 0.25) is 0 Å². The van der Waals surface area contributed by atoms with Crippen LogP contribution in [0.15, 0.2) is 24.3 Å². The summed E-state index contributed by atoms with van der Waals surface area (Å²) in [6.07, 6.45) is 0.493. The highest BCUT2D eigenvalue weighted by Crippen LogP contribution is 2.21. The van der Waals surface area contributed by atoms with Crippen LogP contribution in [0.25, 0.3) is 0 Å². The maximum absolute atomic E-state index is 12.3. The van der Waals surface area contributed by atoms with E-state index < -0.39 is 6.10 Å². The van der Waals surface area contributed by atoms with Gasteiger partial charge in [0.15, 0.2) is 6.10 Å². The fourth-order valence-corrected chi connectivity index (χ4v) is 2.73. The zero-order valence-electron chi connectivity index (χ0n) is 14.5. The fraction of sp³-hybridized carbons (Fsp3) is 0.611. The van der Waals surface area contributed by atoms with Crippen LogP contribution in [0.4, 0.5) is 0 Å². The van der Waals surface area contributed by atoms with E-state index in [4.69, 9.17) is 4.74 Å². The molecule has 1 saturated heterocycles. The Bertz CT molecular complexity index is 508. The third-order valence-corrected chi connectivity index (χ3v) is 4.32. The van der Waals surface area contributed by atoms with Crippen LogP contribution in [0, 0.1) is 5.92 Å². The molecule has 0 spiro atoms. The molecule has 2 N–H and O–H groups in total. The molecule has 3 atom stereocenters. The van der Waals surface area contributed by atoms with Crippen molar-refractivity contribution in [2.45, 2.75) is 52.2 Å². The van der Waals surface area contributed by atoms with Crippen LogP contribution >= 0.6 is 12.4 Å². The minimum Gasteiger partial charge on any atom is -0.481 e. The summed E-state index contributed by atoms with van der Waals surface area (Å²) in [6.45, 7) is 10.2. The Kier molecular flexibility index (Phi) is 7.86. The normalized spacial score (nSPS) is 22.1. The van der Waals surface area contributed by atoms with Crippen LogP contribution in [0.5, 0.6) is 5.75 Å². The largest absolute Gasteiger partial charge is 0.481 e. The standard InChI is InChI=1S/C18H28N2O2.ClH/c1-12(2)15-6-5-7-16(10-15)22-14(4)18(21)20-17-8-9-19-11-13(17)3;/h5-7,10,12-14,17,19H,8-9,11H2,1-4H3,(H,20,21);1H. The molecule has 1 heterocycles. The molecule has 2 rings (SSSR count). The van der Waals surface area contributed by atoms with Crippen LogP contribution in [0.2, 0.25) is 0 Å². The number of piperidine rings is 1. The molecule has 23 heavy (non-hydrogen) atoms. The number of benzene rings is 1. The molecular formula is C18H29ClN2O2. The van der Waals surface area contributed by atoms with Gasteiger partial charge < -0.3 is 15.4 Å². The van der Waals surface area contributed by atoms with Crippen molar-refractivity contribution >= 4 is 18.3 Å². The lowest BCUT2D eigenvalue weighted by Crippen LogP contribution is -2.51. The second-order valence-electron chi connectivity index (χ2n) is 6.57. The van der Waals surface area contributed by atoms with Crippen LogP contribution in [-0.2, 0) is 4.79 Å². The molecule has 1 amide bonds. The van der Waals surface area contributed by atoms with Crippen molar-refractivity contribution in [1.82, 2.24) is 10.6 Å². The first kappa shape index (κ1) is 19.8. The van der Waals surface area contributed by atoms with Crippen molar-refractivity contribution in [2.75, 3.05) is 13.1 Å². The summed E-state index contributed by atoms with van der Waals surface area (Å²) in [6, 6.07) is 8.22. The molecule has 0 aliphatic carbocycles. The highest BCUT2D eigenvalue weighted by atomic mass is 35.5. The topological polar surface area (TPSA) is 50.4 Å². The third kappa shape index (κ3) is 5.70. The van der Waals surface area contributed by atoms with Gasteiger partial charge in [-0.05, 0) is 56.0 Å². The molecule has 1 aliphatic heterocycles. The molecule has 1 fully saturated rings. The summed E-state index contributed by atoms with van der Waals surface area (Å²) in [7, 11) is 0. The fourth-order valence-electron chi connectivity index (χ4n) is 2.73. The number of carbonyl (C=O) groups is 1. The van der Waals surface area contributed by atoms with E-state index in [0.29, 0.717) is 11.8 Å². The summed E-state index contributed by atoms with van der Waals surface area (Å²) in [5.41, 5.74) is 1.22. The molecule has 1 aromatic rings. The average Bonchev–Trinajstić information content (AvgIpc) is 2.49. The van der Waals surface area contributed by atoms with Crippen LogP contribution in [0.1, 0.15) is 45.6 Å². The maximum atomic E-state index is 12.3. The summed E-state index contributed by atoms with van der Waals surface area (Å²) >= 11 is 0. The Hall–Kier alpha value is -1.26. The molecule has 3 unspecified atom stereocenters. The average molecular weight is 341 g/mol. The van der Waals surface area contributed by atoms with E-state index in [1.165, 1.54) is 5.56 Å². The minimum absolute atomic E-state index is 0. The second kappa shape index (κ2) is 9.14. The van der Waals surface area contributed by atoms with E-state index in [1.54, 1.807) is 0 Å². The minimum atomic E-state index is -0.482. The lowest BCUT2D eigenvalue weighted by molar-refractivity contribution is -0.128. The van der Waals surface area contributed by atoms with Crippen LogP contribution < -0.4 is 15.4 Å². The Balaban J connectivity index is 0.00000264. The maximum Gasteiger partial charge on any atom is 0.261 e. The first-order chi connectivity index (χ1) is 10.5. The number of carbonyl (C=O) groups excluding carboxylic acids is 1. The molecule has 0 saturated carbocycles. The lowest BCUT2D eigenvalue weighted by Gasteiger charge is -2.31.